The van der Waals surface area contributed by atoms with E-state index in [9.17, 15) is 5.11 Å². The molecule has 0 unspecified atom stereocenters. The highest BCUT2D eigenvalue weighted by molar-refractivity contribution is 5.67. The van der Waals surface area contributed by atoms with Crippen molar-refractivity contribution in [2.75, 3.05) is 20.3 Å². The van der Waals surface area contributed by atoms with Gasteiger partial charge in [-0.05, 0) is 42.3 Å². The second-order valence-corrected chi connectivity index (χ2v) is 6.10. The number of aliphatic hydroxyl groups excluding tert-OH is 1. The first kappa shape index (κ1) is 15.2. The number of hydrogen-bond acceptors (Lipinski definition) is 3. The molecule has 0 bridgehead atoms. The molecule has 2 aromatic carbocycles. The van der Waals surface area contributed by atoms with Crippen LogP contribution >= 0.6 is 0 Å². The fourth-order valence-electron chi connectivity index (χ4n) is 3.09. The van der Waals surface area contributed by atoms with Gasteiger partial charge in [0.25, 0.3) is 0 Å². The van der Waals surface area contributed by atoms with Crippen molar-refractivity contribution in [3.8, 4) is 11.1 Å². The summed E-state index contributed by atoms with van der Waals surface area (Å²) in [5, 5.41) is 9.94. The summed E-state index contributed by atoms with van der Waals surface area (Å²) in [6, 6.07) is 17.2. The molecule has 0 aromatic heterocycles. The highest BCUT2D eigenvalue weighted by atomic mass is 16.5. The highest BCUT2D eigenvalue weighted by Gasteiger charge is 2.29. The summed E-state index contributed by atoms with van der Waals surface area (Å²) in [6.45, 7) is 4.00. The second kappa shape index (κ2) is 6.61. The zero-order chi connectivity index (χ0) is 15.5. The predicted octanol–water partition coefficient (Wildman–Crippen LogP) is 2.85. The van der Waals surface area contributed by atoms with Gasteiger partial charge in [-0.3, -0.25) is 4.90 Å². The van der Waals surface area contributed by atoms with Gasteiger partial charge in [0, 0.05) is 6.54 Å². The lowest BCUT2D eigenvalue weighted by molar-refractivity contribution is 0.0925. The van der Waals surface area contributed by atoms with E-state index in [-0.39, 0.29) is 12.1 Å². The Bertz CT molecular complexity index is 641. The van der Waals surface area contributed by atoms with E-state index in [0.717, 1.165) is 6.54 Å². The lowest BCUT2D eigenvalue weighted by Gasteiger charge is -2.25. The minimum absolute atomic E-state index is 0.0853. The predicted molar refractivity (Wildman–Crippen MR) is 88.7 cm³/mol. The summed E-state index contributed by atoms with van der Waals surface area (Å²) >= 11 is 0. The van der Waals surface area contributed by atoms with Crippen molar-refractivity contribution in [2.45, 2.75) is 25.6 Å². The van der Waals surface area contributed by atoms with E-state index in [0.29, 0.717) is 13.2 Å². The fourth-order valence-corrected chi connectivity index (χ4v) is 3.09. The monoisotopic (exact) mass is 297 g/mol. The lowest BCUT2D eigenvalue weighted by atomic mass is 9.99. The van der Waals surface area contributed by atoms with Gasteiger partial charge in [0.1, 0.15) is 0 Å². The minimum Gasteiger partial charge on any atom is -0.389 e. The number of aryl methyl sites for hydroxylation is 1. The molecular weight excluding hydrogens is 274 g/mol. The molecule has 3 nitrogen and oxygen atoms in total. The Morgan fingerprint density at radius 2 is 1.95 bits per heavy atom. The maximum atomic E-state index is 9.94. The molecule has 3 heteroatoms. The van der Waals surface area contributed by atoms with E-state index in [2.05, 4.69) is 60.4 Å². The zero-order valence-electron chi connectivity index (χ0n) is 13.2. The van der Waals surface area contributed by atoms with Crippen LogP contribution in [0.25, 0.3) is 11.1 Å². The van der Waals surface area contributed by atoms with Gasteiger partial charge in [-0.1, -0.05) is 42.5 Å². The zero-order valence-corrected chi connectivity index (χ0v) is 13.2. The normalized spacial score (nSPS) is 21.5. The van der Waals surface area contributed by atoms with E-state index in [1.54, 1.807) is 0 Å². The van der Waals surface area contributed by atoms with Crippen molar-refractivity contribution in [1.29, 1.82) is 0 Å². The number of ether oxygens (including phenoxy) is 1. The molecule has 2 aromatic rings. The average Bonchev–Trinajstić information content (AvgIpc) is 2.94. The summed E-state index contributed by atoms with van der Waals surface area (Å²) < 4.78 is 5.35. The third-order valence-electron chi connectivity index (χ3n) is 4.40. The highest BCUT2D eigenvalue weighted by Crippen LogP contribution is 2.24. The van der Waals surface area contributed by atoms with Crippen LogP contribution in [0.2, 0.25) is 0 Å². The molecule has 1 fully saturated rings. The van der Waals surface area contributed by atoms with Gasteiger partial charge in [-0.15, -0.1) is 0 Å². The van der Waals surface area contributed by atoms with E-state index in [1.165, 1.54) is 22.3 Å². The largest absolute Gasteiger partial charge is 0.389 e. The molecule has 0 radical (unpaired) electrons. The Balaban J connectivity index is 1.78. The second-order valence-electron chi connectivity index (χ2n) is 6.10. The summed E-state index contributed by atoms with van der Waals surface area (Å²) in [6.07, 6.45) is -0.385. The van der Waals surface area contributed by atoms with Crippen molar-refractivity contribution in [3.05, 3.63) is 59.7 Å². The third-order valence-corrected chi connectivity index (χ3v) is 4.40. The van der Waals surface area contributed by atoms with Crippen LogP contribution in [0.5, 0.6) is 0 Å². The summed E-state index contributed by atoms with van der Waals surface area (Å²) in [5.74, 6) is 0. The lowest BCUT2D eigenvalue weighted by Crippen LogP contribution is -2.39. The number of aliphatic hydroxyl groups is 1. The molecule has 1 aliphatic rings. The molecule has 22 heavy (non-hydrogen) atoms. The number of hydrogen-bond donors (Lipinski definition) is 1. The summed E-state index contributed by atoms with van der Waals surface area (Å²) in [5.41, 5.74) is 5.05. The van der Waals surface area contributed by atoms with Crippen molar-refractivity contribution in [2.24, 2.45) is 0 Å². The minimum atomic E-state index is -0.385. The van der Waals surface area contributed by atoms with E-state index in [1.807, 2.05) is 7.05 Å². The van der Waals surface area contributed by atoms with Crippen LogP contribution in [-0.2, 0) is 11.3 Å². The Morgan fingerprint density at radius 1 is 1.14 bits per heavy atom. The molecule has 1 aliphatic heterocycles. The van der Waals surface area contributed by atoms with E-state index >= 15 is 0 Å². The standard InChI is InChI=1S/C19H23NO2/c1-14-6-3-4-9-17(14)16-8-5-7-15(10-16)11-20(2)18-12-22-13-19(18)21/h3-10,18-19,21H,11-13H2,1-2H3/t18-,19-/m1/s1. The Hall–Kier alpha value is -1.68. The smallest absolute Gasteiger partial charge is 0.0950 e. The Labute approximate surface area is 132 Å². The molecular formula is C19H23NO2. The maximum Gasteiger partial charge on any atom is 0.0950 e. The fraction of sp³-hybridized carbons (Fsp3) is 0.368. The van der Waals surface area contributed by atoms with Crippen molar-refractivity contribution < 1.29 is 9.84 Å². The Morgan fingerprint density at radius 3 is 2.68 bits per heavy atom. The average molecular weight is 297 g/mol. The van der Waals surface area contributed by atoms with Gasteiger partial charge in [0.15, 0.2) is 0 Å². The molecule has 0 amide bonds. The number of nitrogens with zero attached hydrogens (tertiary/aromatic N) is 1. The molecule has 1 saturated heterocycles. The van der Waals surface area contributed by atoms with Crippen LogP contribution in [0.4, 0.5) is 0 Å². The summed E-state index contributed by atoms with van der Waals surface area (Å²) in [7, 11) is 2.04. The van der Waals surface area contributed by atoms with Gasteiger partial charge in [0.2, 0.25) is 0 Å². The van der Waals surface area contributed by atoms with Gasteiger partial charge in [-0.25, -0.2) is 0 Å². The van der Waals surface area contributed by atoms with E-state index in [4.69, 9.17) is 4.74 Å². The van der Waals surface area contributed by atoms with Crippen molar-refractivity contribution in [1.82, 2.24) is 4.90 Å². The van der Waals surface area contributed by atoms with Crippen LogP contribution < -0.4 is 0 Å². The molecule has 1 N–H and O–H groups in total. The first-order chi connectivity index (χ1) is 10.6. The van der Waals surface area contributed by atoms with Crippen LogP contribution in [0.3, 0.4) is 0 Å². The van der Waals surface area contributed by atoms with E-state index < -0.39 is 0 Å². The van der Waals surface area contributed by atoms with Gasteiger partial charge in [-0.2, -0.15) is 0 Å². The number of rotatable bonds is 4. The summed E-state index contributed by atoms with van der Waals surface area (Å²) in [4.78, 5) is 2.18. The molecule has 2 atom stereocenters. The quantitative estimate of drug-likeness (QED) is 0.942. The Kier molecular flexibility index (Phi) is 4.57. The SMILES string of the molecule is Cc1ccccc1-c1cccc(CN(C)[C@@H]2COC[C@H]2O)c1. The first-order valence-corrected chi connectivity index (χ1v) is 7.76. The molecule has 3 rings (SSSR count). The molecule has 1 heterocycles. The van der Waals surface area contributed by atoms with Crippen molar-refractivity contribution in [3.63, 3.8) is 0 Å². The van der Waals surface area contributed by atoms with Gasteiger partial charge < -0.3 is 9.84 Å². The number of benzene rings is 2. The van der Waals surface area contributed by atoms with Crippen LogP contribution in [0.15, 0.2) is 48.5 Å². The third kappa shape index (κ3) is 3.22. The molecule has 0 spiro atoms. The first-order valence-electron chi connectivity index (χ1n) is 7.76. The van der Waals surface area contributed by atoms with Gasteiger partial charge >= 0.3 is 0 Å². The van der Waals surface area contributed by atoms with Crippen LogP contribution in [0.1, 0.15) is 11.1 Å². The van der Waals surface area contributed by atoms with Crippen LogP contribution in [-0.4, -0.2) is 42.4 Å². The van der Waals surface area contributed by atoms with Crippen LogP contribution in [0, 0.1) is 6.92 Å². The number of likely N-dealkylation sites (N-methyl/N-ethyl adjacent to an activating group) is 1. The molecule has 0 saturated carbocycles. The topological polar surface area (TPSA) is 32.7 Å². The van der Waals surface area contributed by atoms with Crippen molar-refractivity contribution >= 4 is 0 Å². The van der Waals surface area contributed by atoms with Gasteiger partial charge in [0.05, 0.1) is 25.4 Å². The molecule has 0 aliphatic carbocycles. The molecule has 116 valence electrons. The maximum absolute atomic E-state index is 9.94.